The highest BCUT2D eigenvalue weighted by atomic mass is 79.9. The standard InChI is InChI=1S/C13H15BrFNO3/c14-11-6-9(15)3-4-12(11)19-8-13(17)16-7-10-2-1-5-18-10/h3-4,6,10H,1-2,5,7-8H2,(H,16,17)/t10-/m1/s1. The summed E-state index contributed by atoms with van der Waals surface area (Å²) >= 11 is 3.17. The van der Waals surface area contributed by atoms with E-state index < -0.39 is 0 Å². The summed E-state index contributed by atoms with van der Waals surface area (Å²) in [5.41, 5.74) is 0. The Balaban J connectivity index is 1.73. The molecule has 6 heteroatoms. The second-order valence-corrected chi connectivity index (χ2v) is 5.16. The molecule has 1 amide bonds. The molecule has 0 bridgehead atoms. The second kappa shape index (κ2) is 6.86. The quantitative estimate of drug-likeness (QED) is 0.900. The Kier molecular flexibility index (Phi) is 5.15. The first-order valence-electron chi connectivity index (χ1n) is 6.11. The monoisotopic (exact) mass is 331 g/mol. The van der Waals surface area contributed by atoms with Crippen LogP contribution < -0.4 is 10.1 Å². The predicted octanol–water partition coefficient (Wildman–Crippen LogP) is 2.26. The molecule has 0 spiro atoms. The van der Waals surface area contributed by atoms with Gasteiger partial charge in [0.05, 0.1) is 10.6 Å². The number of hydrogen-bond donors (Lipinski definition) is 1. The van der Waals surface area contributed by atoms with Gasteiger partial charge < -0.3 is 14.8 Å². The Morgan fingerprint density at radius 1 is 1.58 bits per heavy atom. The molecule has 1 aromatic rings. The van der Waals surface area contributed by atoms with Crippen LogP contribution in [0.3, 0.4) is 0 Å². The minimum Gasteiger partial charge on any atom is -0.483 e. The third kappa shape index (κ3) is 4.47. The maximum Gasteiger partial charge on any atom is 0.258 e. The molecule has 1 aliphatic rings. The number of halogens is 2. The summed E-state index contributed by atoms with van der Waals surface area (Å²) in [6.45, 7) is 1.17. The van der Waals surface area contributed by atoms with Crippen LogP contribution in [0.5, 0.6) is 5.75 Å². The predicted molar refractivity (Wildman–Crippen MR) is 71.6 cm³/mol. The molecule has 0 saturated carbocycles. The van der Waals surface area contributed by atoms with Gasteiger partial charge in [-0.3, -0.25) is 4.79 Å². The first-order valence-corrected chi connectivity index (χ1v) is 6.90. The Labute approximate surface area is 119 Å². The van der Waals surface area contributed by atoms with Crippen LogP contribution in [-0.2, 0) is 9.53 Å². The van der Waals surface area contributed by atoms with Gasteiger partial charge in [0.2, 0.25) is 0 Å². The van der Waals surface area contributed by atoms with Crippen LogP contribution in [0.25, 0.3) is 0 Å². The Morgan fingerprint density at radius 2 is 2.42 bits per heavy atom. The summed E-state index contributed by atoms with van der Waals surface area (Å²) < 4.78 is 24.0. The lowest BCUT2D eigenvalue weighted by molar-refractivity contribution is -0.123. The highest BCUT2D eigenvalue weighted by Crippen LogP contribution is 2.25. The average Bonchev–Trinajstić information content (AvgIpc) is 2.88. The lowest BCUT2D eigenvalue weighted by Gasteiger charge is -2.12. The van der Waals surface area contributed by atoms with Crippen molar-refractivity contribution in [1.82, 2.24) is 5.32 Å². The number of rotatable bonds is 5. The number of nitrogens with one attached hydrogen (secondary N) is 1. The average molecular weight is 332 g/mol. The van der Waals surface area contributed by atoms with Gasteiger partial charge >= 0.3 is 0 Å². The highest BCUT2D eigenvalue weighted by molar-refractivity contribution is 9.10. The van der Waals surface area contributed by atoms with Gasteiger partial charge in [-0.15, -0.1) is 0 Å². The van der Waals surface area contributed by atoms with E-state index >= 15 is 0 Å². The van der Waals surface area contributed by atoms with Crippen LogP contribution >= 0.6 is 15.9 Å². The molecule has 1 fully saturated rings. The molecule has 0 aromatic heterocycles. The molecule has 1 aliphatic heterocycles. The van der Waals surface area contributed by atoms with Crippen molar-refractivity contribution in [3.05, 3.63) is 28.5 Å². The van der Waals surface area contributed by atoms with E-state index in [1.54, 1.807) is 0 Å². The molecule has 0 unspecified atom stereocenters. The highest BCUT2D eigenvalue weighted by Gasteiger charge is 2.16. The molecule has 0 aliphatic carbocycles. The lowest BCUT2D eigenvalue weighted by Crippen LogP contribution is -2.35. The van der Waals surface area contributed by atoms with Gasteiger partial charge in [0.25, 0.3) is 5.91 Å². The van der Waals surface area contributed by atoms with Crippen molar-refractivity contribution in [2.24, 2.45) is 0 Å². The van der Waals surface area contributed by atoms with Crippen LogP contribution in [0.1, 0.15) is 12.8 Å². The van der Waals surface area contributed by atoms with Crippen LogP contribution in [0.4, 0.5) is 4.39 Å². The molecule has 1 aromatic carbocycles. The smallest absolute Gasteiger partial charge is 0.258 e. The van der Waals surface area contributed by atoms with Crippen LogP contribution in [-0.4, -0.2) is 31.8 Å². The minimum absolute atomic E-state index is 0.100. The van der Waals surface area contributed by atoms with Crippen molar-refractivity contribution < 1.29 is 18.7 Å². The molecule has 19 heavy (non-hydrogen) atoms. The van der Waals surface area contributed by atoms with Gasteiger partial charge in [-0.1, -0.05) is 0 Å². The molecule has 1 atom stereocenters. The summed E-state index contributed by atoms with van der Waals surface area (Å²) in [7, 11) is 0. The molecule has 1 heterocycles. The first-order chi connectivity index (χ1) is 9.15. The summed E-state index contributed by atoms with van der Waals surface area (Å²) in [6.07, 6.45) is 2.13. The van der Waals surface area contributed by atoms with Crippen molar-refractivity contribution in [2.75, 3.05) is 19.8 Å². The molecule has 1 N–H and O–H groups in total. The summed E-state index contributed by atoms with van der Waals surface area (Å²) in [4.78, 5) is 11.6. The largest absolute Gasteiger partial charge is 0.483 e. The van der Waals surface area contributed by atoms with Gasteiger partial charge in [0.1, 0.15) is 11.6 Å². The third-order valence-electron chi connectivity index (χ3n) is 2.80. The van der Waals surface area contributed by atoms with Crippen molar-refractivity contribution in [3.8, 4) is 5.75 Å². The number of carbonyl (C=O) groups is 1. The van der Waals surface area contributed by atoms with Gasteiger partial charge in [-0.2, -0.15) is 0 Å². The zero-order chi connectivity index (χ0) is 13.7. The van der Waals surface area contributed by atoms with Crippen molar-refractivity contribution in [3.63, 3.8) is 0 Å². The van der Waals surface area contributed by atoms with Crippen molar-refractivity contribution in [1.29, 1.82) is 0 Å². The maximum atomic E-state index is 12.9. The zero-order valence-electron chi connectivity index (χ0n) is 10.3. The number of hydrogen-bond acceptors (Lipinski definition) is 3. The summed E-state index contributed by atoms with van der Waals surface area (Å²) in [6, 6.07) is 4.05. The number of amides is 1. The summed E-state index contributed by atoms with van der Waals surface area (Å²) in [5, 5.41) is 2.75. The summed E-state index contributed by atoms with van der Waals surface area (Å²) in [5.74, 6) is -0.137. The van der Waals surface area contributed by atoms with E-state index in [1.165, 1.54) is 18.2 Å². The normalized spacial score (nSPS) is 18.3. The van der Waals surface area contributed by atoms with Gasteiger partial charge in [0.15, 0.2) is 6.61 Å². The molecule has 1 saturated heterocycles. The van der Waals surface area contributed by atoms with E-state index in [-0.39, 0.29) is 24.4 Å². The second-order valence-electron chi connectivity index (χ2n) is 4.30. The van der Waals surface area contributed by atoms with Crippen LogP contribution in [0.15, 0.2) is 22.7 Å². The van der Waals surface area contributed by atoms with E-state index in [2.05, 4.69) is 21.2 Å². The number of benzene rings is 1. The molecular formula is C13H15BrFNO3. The Hall–Kier alpha value is -1.14. The fourth-order valence-electron chi connectivity index (χ4n) is 1.82. The van der Waals surface area contributed by atoms with Crippen molar-refractivity contribution >= 4 is 21.8 Å². The minimum atomic E-state index is -0.359. The van der Waals surface area contributed by atoms with Gasteiger partial charge in [0, 0.05) is 13.2 Å². The topological polar surface area (TPSA) is 47.6 Å². The molecule has 0 radical (unpaired) electrons. The van der Waals surface area contributed by atoms with E-state index in [0.717, 1.165) is 19.4 Å². The van der Waals surface area contributed by atoms with Gasteiger partial charge in [-0.05, 0) is 47.0 Å². The van der Waals surface area contributed by atoms with E-state index in [1.807, 2.05) is 0 Å². The Morgan fingerprint density at radius 3 is 3.11 bits per heavy atom. The maximum absolute atomic E-state index is 12.9. The molecule has 4 nitrogen and oxygen atoms in total. The molecule has 2 rings (SSSR count). The van der Waals surface area contributed by atoms with E-state index in [4.69, 9.17) is 9.47 Å². The Bertz CT molecular complexity index is 450. The SMILES string of the molecule is O=C(COc1ccc(F)cc1Br)NC[C@H]1CCCO1. The third-order valence-corrected chi connectivity index (χ3v) is 3.42. The molecular weight excluding hydrogens is 317 g/mol. The van der Waals surface area contributed by atoms with E-state index in [9.17, 15) is 9.18 Å². The van der Waals surface area contributed by atoms with Crippen LogP contribution in [0, 0.1) is 5.82 Å². The lowest BCUT2D eigenvalue weighted by atomic mass is 10.2. The van der Waals surface area contributed by atoms with E-state index in [0.29, 0.717) is 16.8 Å². The fraction of sp³-hybridized carbons (Fsp3) is 0.462. The first kappa shape index (κ1) is 14.3. The zero-order valence-corrected chi connectivity index (χ0v) is 11.9. The number of ether oxygens (including phenoxy) is 2. The van der Waals surface area contributed by atoms with Gasteiger partial charge in [-0.25, -0.2) is 4.39 Å². The molecule has 104 valence electrons. The van der Waals surface area contributed by atoms with Crippen molar-refractivity contribution in [2.45, 2.75) is 18.9 Å². The fourth-order valence-corrected chi connectivity index (χ4v) is 2.28. The number of carbonyl (C=O) groups excluding carboxylic acids is 1. The van der Waals surface area contributed by atoms with Crippen LogP contribution in [0.2, 0.25) is 0 Å².